The summed E-state index contributed by atoms with van der Waals surface area (Å²) < 4.78 is 44.5. The lowest BCUT2D eigenvalue weighted by Gasteiger charge is -2.09. The standard InChI is InChI=1S/C13H13FN2O3S/c1-19-10-3-5-11(6-4-10)20(17,18)16-9-2-7-12(14)13(15)8-9/h2-8,16H,15H2,1H3. The Morgan fingerprint density at radius 1 is 1.15 bits per heavy atom. The monoisotopic (exact) mass is 296 g/mol. The lowest BCUT2D eigenvalue weighted by atomic mass is 10.3. The molecule has 0 aliphatic rings. The van der Waals surface area contributed by atoms with Crippen LogP contribution in [0.4, 0.5) is 15.8 Å². The number of halogens is 1. The van der Waals surface area contributed by atoms with E-state index < -0.39 is 15.8 Å². The first-order valence-electron chi connectivity index (χ1n) is 5.64. The van der Waals surface area contributed by atoms with E-state index in [9.17, 15) is 12.8 Å². The molecule has 0 saturated heterocycles. The molecule has 0 heterocycles. The number of nitrogens with one attached hydrogen (secondary N) is 1. The molecule has 0 fully saturated rings. The summed E-state index contributed by atoms with van der Waals surface area (Å²) in [5, 5.41) is 0. The highest BCUT2D eigenvalue weighted by atomic mass is 32.2. The number of hydrogen-bond acceptors (Lipinski definition) is 4. The molecule has 0 atom stereocenters. The van der Waals surface area contributed by atoms with Crippen LogP contribution in [0.15, 0.2) is 47.4 Å². The molecule has 0 unspecified atom stereocenters. The first-order valence-corrected chi connectivity index (χ1v) is 7.12. The van der Waals surface area contributed by atoms with Crippen LogP contribution in [0.1, 0.15) is 0 Å². The summed E-state index contributed by atoms with van der Waals surface area (Å²) in [6, 6.07) is 9.51. The predicted octanol–water partition coefficient (Wildman–Crippen LogP) is 2.22. The molecule has 0 saturated carbocycles. The maximum atomic E-state index is 13.0. The smallest absolute Gasteiger partial charge is 0.261 e. The highest BCUT2D eigenvalue weighted by Crippen LogP contribution is 2.21. The fourth-order valence-electron chi connectivity index (χ4n) is 1.58. The highest BCUT2D eigenvalue weighted by Gasteiger charge is 2.14. The maximum Gasteiger partial charge on any atom is 0.261 e. The van der Waals surface area contributed by atoms with E-state index in [1.54, 1.807) is 0 Å². The Morgan fingerprint density at radius 2 is 1.80 bits per heavy atom. The van der Waals surface area contributed by atoms with Crippen molar-refractivity contribution in [2.75, 3.05) is 17.6 Å². The van der Waals surface area contributed by atoms with Crippen LogP contribution in [-0.4, -0.2) is 15.5 Å². The molecule has 0 aliphatic heterocycles. The number of hydrogen-bond donors (Lipinski definition) is 2. The zero-order valence-corrected chi connectivity index (χ0v) is 11.4. The summed E-state index contributed by atoms with van der Waals surface area (Å²) in [5.41, 5.74) is 5.46. The van der Waals surface area contributed by atoms with E-state index in [1.807, 2.05) is 0 Å². The molecule has 2 aromatic rings. The van der Waals surface area contributed by atoms with Gasteiger partial charge in [0.25, 0.3) is 10.0 Å². The minimum atomic E-state index is -3.75. The van der Waals surface area contributed by atoms with Gasteiger partial charge in [-0.1, -0.05) is 0 Å². The number of methoxy groups -OCH3 is 1. The number of nitrogen functional groups attached to an aromatic ring is 1. The molecule has 0 bridgehead atoms. The van der Waals surface area contributed by atoms with Gasteiger partial charge in [-0.15, -0.1) is 0 Å². The SMILES string of the molecule is COc1ccc(S(=O)(=O)Nc2ccc(F)c(N)c2)cc1. The second-order valence-electron chi connectivity index (χ2n) is 4.02. The van der Waals surface area contributed by atoms with Gasteiger partial charge in [-0.2, -0.15) is 0 Å². The van der Waals surface area contributed by atoms with Crippen LogP contribution in [0.5, 0.6) is 5.75 Å². The number of ether oxygens (including phenoxy) is 1. The fourth-order valence-corrected chi connectivity index (χ4v) is 2.63. The first-order chi connectivity index (χ1) is 9.42. The summed E-state index contributed by atoms with van der Waals surface area (Å²) in [5.74, 6) is -0.0487. The van der Waals surface area contributed by atoms with Crippen molar-refractivity contribution < 1.29 is 17.5 Å². The minimum absolute atomic E-state index is 0.0706. The number of sulfonamides is 1. The second kappa shape index (κ2) is 5.38. The van der Waals surface area contributed by atoms with Gasteiger partial charge in [0.15, 0.2) is 0 Å². The van der Waals surface area contributed by atoms with E-state index >= 15 is 0 Å². The van der Waals surface area contributed by atoms with Gasteiger partial charge in [0, 0.05) is 0 Å². The van der Waals surface area contributed by atoms with Crippen LogP contribution >= 0.6 is 0 Å². The predicted molar refractivity (Wildman–Crippen MR) is 74.6 cm³/mol. The third-order valence-corrected chi connectivity index (χ3v) is 4.02. The Hall–Kier alpha value is -2.28. The Bertz CT molecular complexity index is 715. The summed E-state index contributed by atoms with van der Waals surface area (Å²) >= 11 is 0. The van der Waals surface area contributed by atoms with Crippen molar-refractivity contribution in [3.63, 3.8) is 0 Å². The summed E-state index contributed by atoms with van der Waals surface area (Å²) in [4.78, 5) is 0.0706. The van der Waals surface area contributed by atoms with Crippen LogP contribution in [0.3, 0.4) is 0 Å². The van der Waals surface area contributed by atoms with Crippen molar-refractivity contribution >= 4 is 21.4 Å². The topological polar surface area (TPSA) is 81.4 Å². The zero-order valence-electron chi connectivity index (χ0n) is 10.6. The molecular weight excluding hydrogens is 283 g/mol. The number of nitrogens with two attached hydrogens (primary N) is 1. The molecule has 2 aromatic carbocycles. The largest absolute Gasteiger partial charge is 0.497 e. The quantitative estimate of drug-likeness (QED) is 0.848. The van der Waals surface area contributed by atoms with Crippen molar-refractivity contribution in [3.8, 4) is 5.75 Å². The van der Waals surface area contributed by atoms with E-state index in [4.69, 9.17) is 10.5 Å². The van der Waals surface area contributed by atoms with Crippen LogP contribution in [-0.2, 0) is 10.0 Å². The van der Waals surface area contributed by atoms with Crippen molar-refractivity contribution in [2.24, 2.45) is 0 Å². The van der Waals surface area contributed by atoms with E-state index in [-0.39, 0.29) is 16.3 Å². The van der Waals surface area contributed by atoms with Crippen molar-refractivity contribution in [3.05, 3.63) is 48.3 Å². The lowest BCUT2D eigenvalue weighted by molar-refractivity contribution is 0.414. The summed E-state index contributed by atoms with van der Waals surface area (Å²) in [6.45, 7) is 0. The minimum Gasteiger partial charge on any atom is -0.497 e. The van der Waals surface area contributed by atoms with Gasteiger partial charge in [-0.05, 0) is 42.5 Å². The second-order valence-corrected chi connectivity index (χ2v) is 5.70. The fraction of sp³-hybridized carbons (Fsp3) is 0.0769. The van der Waals surface area contributed by atoms with Gasteiger partial charge in [0.2, 0.25) is 0 Å². The van der Waals surface area contributed by atoms with Crippen molar-refractivity contribution in [1.82, 2.24) is 0 Å². The van der Waals surface area contributed by atoms with Crippen molar-refractivity contribution in [2.45, 2.75) is 4.90 Å². The molecule has 7 heteroatoms. The zero-order chi connectivity index (χ0) is 14.8. The van der Waals surface area contributed by atoms with E-state index in [1.165, 1.54) is 43.5 Å². The molecule has 2 rings (SSSR count). The van der Waals surface area contributed by atoms with Crippen LogP contribution in [0.25, 0.3) is 0 Å². The average Bonchev–Trinajstić information content (AvgIpc) is 2.43. The van der Waals surface area contributed by atoms with E-state index in [0.717, 1.165) is 6.07 Å². The number of anilines is 2. The summed E-state index contributed by atoms with van der Waals surface area (Å²) in [6.07, 6.45) is 0. The van der Waals surface area contributed by atoms with Gasteiger partial charge in [-0.3, -0.25) is 4.72 Å². The molecule has 5 nitrogen and oxygen atoms in total. The molecular formula is C13H13FN2O3S. The van der Waals surface area contributed by atoms with Gasteiger partial charge in [0.1, 0.15) is 11.6 Å². The van der Waals surface area contributed by atoms with Gasteiger partial charge in [-0.25, -0.2) is 12.8 Å². The number of rotatable bonds is 4. The molecule has 3 N–H and O–H groups in total. The Kier molecular flexibility index (Phi) is 3.80. The van der Waals surface area contributed by atoms with E-state index in [0.29, 0.717) is 5.75 Å². The maximum absolute atomic E-state index is 13.0. The van der Waals surface area contributed by atoms with Crippen molar-refractivity contribution in [1.29, 1.82) is 0 Å². The summed E-state index contributed by atoms with van der Waals surface area (Å²) in [7, 11) is -2.26. The van der Waals surface area contributed by atoms with Gasteiger partial charge >= 0.3 is 0 Å². The van der Waals surface area contributed by atoms with Crippen LogP contribution in [0, 0.1) is 5.82 Å². The van der Waals surface area contributed by atoms with Gasteiger partial charge < -0.3 is 10.5 Å². The van der Waals surface area contributed by atoms with E-state index in [2.05, 4.69) is 4.72 Å². The molecule has 0 spiro atoms. The normalized spacial score (nSPS) is 11.1. The van der Waals surface area contributed by atoms with Crippen LogP contribution in [0.2, 0.25) is 0 Å². The lowest BCUT2D eigenvalue weighted by Crippen LogP contribution is -2.13. The first kappa shape index (κ1) is 14.1. The molecule has 106 valence electrons. The third-order valence-electron chi connectivity index (χ3n) is 2.62. The molecule has 0 amide bonds. The Morgan fingerprint density at radius 3 is 2.35 bits per heavy atom. The Labute approximate surface area is 116 Å². The molecule has 20 heavy (non-hydrogen) atoms. The highest BCUT2D eigenvalue weighted by molar-refractivity contribution is 7.92. The van der Waals surface area contributed by atoms with Crippen LogP contribution < -0.4 is 15.2 Å². The third kappa shape index (κ3) is 3.00. The molecule has 0 radical (unpaired) electrons. The molecule has 0 aliphatic carbocycles. The number of benzene rings is 2. The van der Waals surface area contributed by atoms with Gasteiger partial charge in [0.05, 0.1) is 23.4 Å². The average molecular weight is 296 g/mol. The molecule has 0 aromatic heterocycles. The Balaban J connectivity index is 2.27.